The summed E-state index contributed by atoms with van der Waals surface area (Å²) in [5.41, 5.74) is 3.98. The molecule has 1 atom stereocenters. The number of rotatable bonds is 13. The second-order valence-electron chi connectivity index (χ2n) is 11.5. The number of sulfonamides is 1. The van der Waals surface area contributed by atoms with Crippen LogP contribution in [0.5, 0.6) is 0 Å². The maximum Gasteiger partial charge on any atom is 0.264 e. The highest BCUT2D eigenvalue weighted by atomic mass is 32.2. The van der Waals surface area contributed by atoms with E-state index < -0.39 is 28.5 Å². The van der Waals surface area contributed by atoms with Gasteiger partial charge in [0.05, 0.1) is 10.6 Å². The van der Waals surface area contributed by atoms with Crippen LogP contribution in [0.25, 0.3) is 0 Å². The summed E-state index contributed by atoms with van der Waals surface area (Å²) in [5, 5.41) is 3.02. The van der Waals surface area contributed by atoms with E-state index in [0.29, 0.717) is 12.2 Å². The molecule has 0 aliphatic heterocycles. The number of benzene rings is 4. The first-order chi connectivity index (χ1) is 21.1. The van der Waals surface area contributed by atoms with Crippen LogP contribution in [0.4, 0.5) is 5.69 Å². The Morgan fingerprint density at radius 2 is 1.43 bits per heavy atom. The van der Waals surface area contributed by atoms with Crippen molar-refractivity contribution in [1.29, 1.82) is 0 Å². The lowest BCUT2D eigenvalue weighted by molar-refractivity contribution is -0.140. The molecule has 0 saturated carbocycles. The summed E-state index contributed by atoms with van der Waals surface area (Å²) in [6.07, 6.45) is 0.276. The number of amides is 2. The first-order valence-corrected chi connectivity index (χ1v) is 16.3. The summed E-state index contributed by atoms with van der Waals surface area (Å²) in [5.74, 6) is -0.544. The van der Waals surface area contributed by atoms with Crippen LogP contribution in [-0.2, 0) is 32.6 Å². The predicted molar refractivity (Wildman–Crippen MR) is 176 cm³/mol. The summed E-state index contributed by atoms with van der Waals surface area (Å²) in [6.45, 7) is 7.97. The Morgan fingerprint density at radius 1 is 0.795 bits per heavy atom. The maximum absolute atomic E-state index is 14.5. The van der Waals surface area contributed by atoms with Gasteiger partial charge in [-0.2, -0.15) is 0 Å². The van der Waals surface area contributed by atoms with Gasteiger partial charge in [-0.25, -0.2) is 8.42 Å². The van der Waals surface area contributed by atoms with Crippen LogP contribution >= 0.6 is 0 Å². The summed E-state index contributed by atoms with van der Waals surface area (Å²) in [6, 6.07) is 31.6. The zero-order valence-corrected chi connectivity index (χ0v) is 26.6. The summed E-state index contributed by atoms with van der Waals surface area (Å²) in [4.78, 5) is 30.0. The first kappa shape index (κ1) is 32.5. The molecule has 230 valence electrons. The van der Waals surface area contributed by atoms with Gasteiger partial charge in [-0.1, -0.05) is 98.8 Å². The third-order valence-corrected chi connectivity index (χ3v) is 9.25. The number of nitrogens with zero attached hydrogens (tertiary/aromatic N) is 2. The second kappa shape index (κ2) is 14.8. The molecule has 0 heterocycles. The van der Waals surface area contributed by atoms with Crippen LogP contribution in [0.1, 0.15) is 36.1 Å². The second-order valence-corrected chi connectivity index (χ2v) is 13.3. The number of aryl methyl sites for hydroxylation is 2. The van der Waals surface area contributed by atoms with Crippen LogP contribution in [0.2, 0.25) is 0 Å². The van der Waals surface area contributed by atoms with Gasteiger partial charge in [0, 0.05) is 19.5 Å². The number of hydrogen-bond donors (Lipinski definition) is 1. The summed E-state index contributed by atoms with van der Waals surface area (Å²) >= 11 is 0. The molecule has 2 amide bonds. The number of anilines is 1. The number of nitrogens with one attached hydrogen (secondary N) is 1. The number of carbonyl (C=O) groups excluding carboxylic acids is 2. The van der Waals surface area contributed by atoms with Crippen LogP contribution in [0.15, 0.2) is 114 Å². The summed E-state index contributed by atoms with van der Waals surface area (Å²) < 4.78 is 29.3. The Bertz CT molecular complexity index is 1660. The topological polar surface area (TPSA) is 86.8 Å². The van der Waals surface area contributed by atoms with Gasteiger partial charge in [0.1, 0.15) is 12.6 Å². The quantitative estimate of drug-likeness (QED) is 0.204. The fraction of sp³-hybridized carbons (Fsp3) is 0.278. The van der Waals surface area contributed by atoms with Gasteiger partial charge in [0.2, 0.25) is 11.8 Å². The van der Waals surface area contributed by atoms with E-state index in [1.807, 2.05) is 88.4 Å². The molecule has 1 N–H and O–H groups in total. The largest absolute Gasteiger partial charge is 0.354 e. The lowest BCUT2D eigenvalue weighted by Crippen LogP contribution is -2.53. The molecule has 7 nitrogen and oxygen atoms in total. The van der Waals surface area contributed by atoms with Crippen molar-refractivity contribution in [2.75, 3.05) is 17.4 Å². The van der Waals surface area contributed by atoms with Gasteiger partial charge >= 0.3 is 0 Å². The summed E-state index contributed by atoms with van der Waals surface area (Å²) in [7, 11) is -4.12. The third kappa shape index (κ3) is 8.35. The molecule has 0 aromatic heterocycles. The van der Waals surface area contributed by atoms with E-state index >= 15 is 0 Å². The van der Waals surface area contributed by atoms with Crippen LogP contribution in [-0.4, -0.2) is 44.3 Å². The van der Waals surface area contributed by atoms with E-state index in [-0.39, 0.29) is 29.7 Å². The van der Waals surface area contributed by atoms with Crippen molar-refractivity contribution in [2.24, 2.45) is 5.92 Å². The molecule has 0 spiro atoms. The van der Waals surface area contributed by atoms with Crippen molar-refractivity contribution in [3.05, 3.63) is 131 Å². The average molecular weight is 612 g/mol. The van der Waals surface area contributed by atoms with Crippen molar-refractivity contribution in [1.82, 2.24) is 10.2 Å². The van der Waals surface area contributed by atoms with Gasteiger partial charge in [-0.15, -0.1) is 0 Å². The van der Waals surface area contributed by atoms with Crippen molar-refractivity contribution in [3.8, 4) is 0 Å². The monoisotopic (exact) mass is 611 g/mol. The fourth-order valence-corrected chi connectivity index (χ4v) is 6.41. The molecule has 0 radical (unpaired) electrons. The average Bonchev–Trinajstić information content (AvgIpc) is 3.02. The molecule has 0 bridgehead atoms. The lowest BCUT2D eigenvalue weighted by Gasteiger charge is -2.34. The molecule has 0 aliphatic carbocycles. The predicted octanol–water partition coefficient (Wildman–Crippen LogP) is 5.91. The van der Waals surface area contributed by atoms with Gasteiger partial charge in [-0.3, -0.25) is 13.9 Å². The molecule has 4 aromatic rings. The van der Waals surface area contributed by atoms with Gasteiger partial charge in [0.25, 0.3) is 10.0 Å². The van der Waals surface area contributed by atoms with E-state index in [0.717, 1.165) is 26.6 Å². The Labute approximate surface area is 261 Å². The zero-order chi connectivity index (χ0) is 31.7. The van der Waals surface area contributed by atoms with E-state index in [2.05, 4.69) is 5.32 Å². The molecule has 0 fully saturated rings. The molecule has 8 heteroatoms. The zero-order valence-electron chi connectivity index (χ0n) is 25.8. The Kier molecular flexibility index (Phi) is 11.0. The third-order valence-electron chi connectivity index (χ3n) is 7.46. The minimum absolute atomic E-state index is 0.0790. The molecule has 4 rings (SSSR count). The Hall–Kier alpha value is -4.43. The first-order valence-electron chi connectivity index (χ1n) is 14.9. The van der Waals surface area contributed by atoms with Crippen molar-refractivity contribution < 1.29 is 18.0 Å². The van der Waals surface area contributed by atoms with Gasteiger partial charge < -0.3 is 10.2 Å². The SMILES string of the molecule is Cc1cccc(N(CC(=O)N(Cc2ccccc2C)C(Cc2ccccc2)C(=O)NCC(C)C)S(=O)(=O)c2ccccc2)c1. The molecule has 44 heavy (non-hydrogen) atoms. The van der Waals surface area contributed by atoms with Crippen LogP contribution < -0.4 is 9.62 Å². The van der Waals surface area contributed by atoms with E-state index in [1.54, 1.807) is 36.4 Å². The Morgan fingerprint density at radius 3 is 2.07 bits per heavy atom. The normalized spacial score (nSPS) is 12.0. The lowest BCUT2D eigenvalue weighted by atomic mass is 10.0. The van der Waals surface area contributed by atoms with Gasteiger partial charge in [0.15, 0.2) is 0 Å². The highest BCUT2D eigenvalue weighted by Gasteiger charge is 2.34. The van der Waals surface area contributed by atoms with Crippen molar-refractivity contribution in [3.63, 3.8) is 0 Å². The standard InChI is InChI=1S/C36H41N3O4S/c1-27(2)24-37-36(41)34(23-30-16-7-5-8-17-30)38(25-31-18-12-11-15-29(31)4)35(40)26-39(32-19-13-14-28(3)22-32)44(42,43)33-20-9-6-10-21-33/h5-22,27,34H,23-26H2,1-4H3,(H,37,41). The van der Waals surface area contributed by atoms with E-state index in [4.69, 9.17) is 0 Å². The Balaban J connectivity index is 1.80. The van der Waals surface area contributed by atoms with E-state index in [1.165, 1.54) is 17.0 Å². The number of hydrogen-bond acceptors (Lipinski definition) is 4. The highest BCUT2D eigenvalue weighted by Crippen LogP contribution is 2.26. The molecule has 0 aliphatic rings. The highest BCUT2D eigenvalue weighted by molar-refractivity contribution is 7.92. The smallest absolute Gasteiger partial charge is 0.264 e. The number of carbonyl (C=O) groups is 2. The minimum atomic E-state index is -4.12. The molecule has 0 saturated heterocycles. The van der Waals surface area contributed by atoms with Crippen LogP contribution in [0, 0.1) is 19.8 Å². The fourth-order valence-electron chi connectivity index (χ4n) is 4.98. The van der Waals surface area contributed by atoms with E-state index in [9.17, 15) is 18.0 Å². The molecular weight excluding hydrogens is 570 g/mol. The maximum atomic E-state index is 14.5. The van der Waals surface area contributed by atoms with Crippen molar-refractivity contribution >= 4 is 27.5 Å². The van der Waals surface area contributed by atoms with Gasteiger partial charge in [-0.05, 0) is 66.3 Å². The van der Waals surface area contributed by atoms with Crippen molar-refractivity contribution in [2.45, 2.75) is 51.6 Å². The molecule has 4 aromatic carbocycles. The minimum Gasteiger partial charge on any atom is -0.354 e. The van der Waals surface area contributed by atoms with Crippen LogP contribution in [0.3, 0.4) is 0 Å². The molecule has 1 unspecified atom stereocenters. The molecular formula is C36H41N3O4S.